The number of ether oxygens (including phenoxy) is 2. The predicted octanol–water partition coefficient (Wildman–Crippen LogP) is 3.94. The molecule has 9 heteroatoms. The Labute approximate surface area is 173 Å². The van der Waals surface area contributed by atoms with Crippen molar-refractivity contribution in [2.75, 3.05) is 33.1 Å². The fourth-order valence-corrected chi connectivity index (χ4v) is 3.08. The molecule has 0 aliphatic carbocycles. The van der Waals surface area contributed by atoms with Gasteiger partial charge in [-0.3, -0.25) is 4.18 Å². The van der Waals surface area contributed by atoms with E-state index in [4.69, 9.17) is 21.1 Å². The molecule has 28 heavy (non-hydrogen) atoms. The van der Waals surface area contributed by atoms with Crippen LogP contribution in [-0.4, -0.2) is 58.1 Å². The van der Waals surface area contributed by atoms with Crippen LogP contribution in [0.1, 0.15) is 44.4 Å². The minimum atomic E-state index is -3.49. The van der Waals surface area contributed by atoms with E-state index in [0.29, 0.717) is 18.1 Å². The highest BCUT2D eigenvalue weighted by atomic mass is 35.5. The van der Waals surface area contributed by atoms with Crippen LogP contribution >= 0.6 is 11.6 Å². The molecule has 0 radical (unpaired) electrons. The number of amides is 1. The lowest BCUT2D eigenvalue weighted by Gasteiger charge is -2.32. The van der Waals surface area contributed by atoms with Gasteiger partial charge in [-0.1, -0.05) is 17.7 Å². The van der Waals surface area contributed by atoms with Gasteiger partial charge in [-0.05, 0) is 57.4 Å². The first-order valence-corrected chi connectivity index (χ1v) is 11.1. The first-order valence-electron chi connectivity index (χ1n) is 8.94. The van der Waals surface area contributed by atoms with E-state index in [-0.39, 0.29) is 19.3 Å². The van der Waals surface area contributed by atoms with Crippen molar-refractivity contribution < 1.29 is 26.9 Å². The van der Waals surface area contributed by atoms with Crippen LogP contribution in [0.15, 0.2) is 18.2 Å². The highest BCUT2D eigenvalue weighted by Crippen LogP contribution is 2.29. The molecule has 0 fully saturated rings. The van der Waals surface area contributed by atoms with Gasteiger partial charge in [0.25, 0.3) is 10.1 Å². The first-order chi connectivity index (χ1) is 12.8. The molecule has 160 valence electrons. The smallest absolute Gasteiger partial charge is 0.410 e. The molecule has 0 spiro atoms. The van der Waals surface area contributed by atoms with Gasteiger partial charge in [0.2, 0.25) is 0 Å². The molecule has 1 aromatic rings. The number of aryl methyl sites for hydroxylation is 1. The highest BCUT2D eigenvalue weighted by Gasteiger charge is 2.27. The lowest BCUT2D eigenvalue weighted by atomic mass is 9.98. The van der Waals surface area contributed by atoms with Gasteiger partial charge in [0, 0.05) is 18.7 Å². The lowest BCUT2D eigenvalue weighted by Crippen LogP contribution is -2.37. The minimum absolute atomic E-state index is 0.0540. The molecule has 1 aromatic carbocycles. The molecule has 0 bridgehead atoms. The average Bonchev–Trinajstić information content (AvgIpc) is 2.53. The Balaban J connectivity index is 2.84. The zero-order valence-corrected chi connectivity index (χ0v) is 18.9. The van der Waals surface area contributed by atoms with Crippen LogP contribution < -0.4 is 0 Å². The molecule has 0 N–H and O–H groups in total. The van der Waals surface area contributed by atoms with Gasteiger partial charge < -0.3 is 14.4 Å². The number of nitrogens with zero attached hydrogens (tertiary/aromatic N) is 1. The van der Waals surface area contributed by atoms with Crippen LogP contribution in [0.2, 0.25) is 5.02 Å². The SMILES string of the molecule is Cc1ccc(Cl)cc1C(CCOCCOS(C)(=O)=O)N(C)C(=O)OC(C)(C)C. The molecule has 0 heterocycles. The number of rotatable bonds is 9. The molecular weight excluding hydrogens is 406 g/mol. The highest BCUT2D eigenvalue weighted by molar-refractivity contribution is 7.85. The van der Waals surface area contributed by atoms with Gasteiger partial charge in [-0.15, -0.1) is 0 Å². The Kier molecular flexibility index (Phi) is 9.20. The third kappa shape index (κ3) is 9.23. The third-order valence-electron chi connectivity index (χ3n) is 3.81. The van der Waals surface area contributed by atoms with E-state index in [1.165, 1.54) is 4.90 Å². The minimum Gasteiger partial charge on any atom is -0.444 e. The van der Waals surface area contributed by atoms with E-state index in [0.717, 1.165) is 17.4 Å². The second-order valence-electron chi connectivity index (χ2n) is 7.54. The fourth-order valence-electron chi connectivity index (χ4n) is 2.53. The number of carbonyl (C=O) groups is 1. The quantitative estimate of drug-likeness (QED) is 0.431. The maximum atomic E-state index is 12.6. The number of benzene rings is 1. The van der Waals surface area contributed by atoms with Crippen LogP contribution in [0.25, 0.3) is 0 Å². The van der Waals surface area contributed by atoms with Gasteiger partial charge in [0.05, 0.1) is 25.5 Å². The summed E-state index contributed by atoms with van der Waals surface area (Å²) in [5.41, 5.74) is 1.28. The molecule has 1 rings (SSSR count). The molecule has 7 nitrogen and oxygen atoms in total. The van der Waals surface area contributed by atoms with Crippen molar-refractivity contribution in [3.05, 3.63) is 34.3 Å². The van der Waals surface area contributed by atoms with Crippen LogP contribution in [0.4, 0.5) is 4.79 Å². The summed E-state index contributed by atoms with van der Waals surface area (Å²) in [5, 5.41) is 0.575. The maximum absolute atomic E-state index is 12.6. The van der Waals surface area contributed by atoms with Crippen LogP contribution in [-0.2, 0) is 23.8 Å². The molecule has 1 amide bonds. The molecule has 0 aliphatic heterocycles. The normalized spacial score (nSPS) is 13.2. The summed E-state index contributed by atoms with van der Waals surface area (Å²) in [4.78, 5) is 14.1. The van der Waals surface area contributed by atoms with E-state index in [1.807, 2.05) is 39.8 Å². The molecule has 1 atom stereocenters. The largest absolute Gasteiger partial charge is 0.444 e. The maximum Gasteiger partial charge on any atom is 0.410 e. The summed E-state index contributed by atoms with van der Waals surface area (Å²) in [6, 6.07) is 5.21. The Morgan fingerprint density at radius 3 is 2.43 bits per heavy atom. The van der Waals surface area contributed by atoms with Gasteiger partial charge in [0.1, 0.15) is 5.60 Å². The van der Waals surface area contributed by atoms with E-state index < -0.39 is 21.8 Å². The summed E-state index contributed by atoms with van der Waals surface area (Å²) in [6.45, 7) is 7.75. The summed E-state index contributed by atoms with van der Waals surface area (Å²) in [5.74, 6) is 0. The van der Waals surface area contributed by atoms with Crippen LogP contribution in [0, 0.1) is 6.92 Å². The second kappa shape index (κ2) is 10.4. The Morgan fingerprint density at radius 1 is 1.21 bits per heavy atom. The zero-order valence-electron chi connectivity index (χ0n) is 17.3. The third-order valence-corrected chi connectivity index (χ3v) is 4.64. The van der Waals surface area contributed by atoms with Crippen molar-refractivity contribution in [3.8, 4) is 0 Å². The summed E-state index contributed by atoms with van der Waals surface area (Å²) >= 11 is 6.16. The fraction of sp³-hybridized carbons (Fsp3) is 0.632. The summed E-state index contributed by atoms with van der Waals surface area (Å²) in [7, 11) is -1.81. The van der Waals surface area contributed by atoms with Crippen molar-refractivity contribution >= 4 is 27.8 Å². The zero-order chi connectivity index (χ0) is 21.5. The molecule has 0 saturated heterocycles. The standard InChI is InChI=1S/C19H30ClNO6S/c1-14-7-8-15(20)13-16(14)17(21(5)18(22)27-19(2,3)4)9-10-25-11-12-26-28(6,23)24/h7-8,13,17H,9-12H2,1-6H3. The van der Waals surface area contributed by atoms with Gasteiger partial charge in [-0.25, -0.2) is 4.79 Å². The van der Waals surface area contributed by atoms with Gasteiger partial charge in [0.15, 0.2) is 0 Å². The van der Waals surface area contributed by atoms with E-state index in [2.05, 4.69) is 4.18 Å². The van der Waals surface area contributed by atoms with E-state index in [9.17, 15) is 13.2 Å². The number of carbonyl (C=O) groups excluding carboxylic acids is 1. The first kappa shape index (κ1) is 24.7. The van der Waals surface area contributed by atoms with Crippen molar-refractivity contribution in [2.45, 2.75) is 45.8 Å². The Bertz CT molecular complexity index is 760. The number of hydrogen-bond donors (Lipinski definition) is 0. The van der Waals surface area contributed by atoms with E-state index >= 15 is 0 Å². The molecule has 0 saturated carbocycles. The second-order valence-corrected chi connectivity index (χ2v) is 9.62. The Hall–Kier alpha value is -1.35. The summed E-state index contributed by atoms with van der Waals surface area (Å²) < 4.78 is 37.5. The van der Waals surface area contributed by atoms with Gasteiger partial charge in [-0.2, -0.15) is 8.42 Å². The number of halogens is 1. The topological polar surface area (TPSA) is 82.1 Å². The van der Waals surface area contributed by atoms with Gasteiger partial charge >= 0.3 is 6.09 Å². The molecular formula is C19H30ClNO6S. The van der Waals surface area contributed by atoms with Crippen molar-refractivity contribution in [1.29, 1.82) is 0 Å². The molecule has 1 unspecified atom stereocenters. The van der Waals surface area contributed by atoms with Crippen LogP contribution in [0.5, 0.6) is 0 Å². The number of hydrogen-bond acceptors (Lipinski definition) is 6. The molecule has 0 aliphatic rings. The van der Waals surface area contributed by atoms with E-state index in [1.54, 1.807) is 13.1 Å². The summed E-state index contributed by atoms with van der Waals surface area (Å²) in [6.07, 6.45) is 1.02. The Morgan fingerprint density at radius 2 is 1.86 bits per heavy atom. The monoisotopic (exact) mass is 435 g/mol. The predicted molar refractivity (Wildman–Crippen MR) is 109 cm³/mol. The molecule has 0 aromatic heterocycles. The lowest BCUT2D eigenvalue weighted by molar-refractivity contribution is 0.0167. The average molecular weight is 436 g/mol. The van der Waals surface area contributed by atoms with Crippen molar-refractivity contribution in [2.24, 2.45) is 0 Å². The van der Waals surface area contributed by atoms with Crippen molar-refractivity contribution in [1.82, 2.24) is 4.90 Å². The van der Waals surface area contributed by atoms with Crippen LogP contribution in [0.3, 0.4) is 0 Å². The van der Waals surface area contributed by atoms with Crippen molar-refractivity contribution in [3.63, 3.8) is 0 Å².